The fourth-order valence-corrected chi connectivity index (χ4v) is 2.74. The average Bonchev–Trinajstić information content (AvgIpc) is 2.24. The molecule has 8 heteroatoms. The summed E-state index contributed by atoms with van der Waals surface area (Å²) in [7, 11) is -4.20. The molecule has 1 aliphatic heterocycles. The highest BCUT2D eigenvalue weighted by Gasteiger charge is 2.29. The van der Waals surface area contributed by atoms with Crippen molar-refractivity contribution in [2.75, 3.05) is 38.5 Å². The lowest BCUT2D eigenvalue weighted by Gasteiger charge is -2.37. The van der Waals surface area contributed by atoms with Gasteiger partial charge in [-0.15, -0.1) is 0 Å². The number of piperazine rings is 1. The van der Waals surface area contributed by atoms with Crippen LogP contribution in [0, 0.1) is 0 Å². The molecule has 0 amide bonds. The second-order valence-electron chi connectivity index (χ2n) is 4.18. The Labute approximate surface area is 101 Å². The molecule has 4 N–H and O–H groups in total. The molecule has 17 heavy (non-hydrogen) atoms. The molecule has 7 nitrogen and oxygen atoms in total. The molecule has 1 saturated heterocycles. The van der Waals surface area contributed by atoms with E-state index in [-0.39, 0.29) is 13.0 Å². The van der Waals surface area contributed by atoms with Gasteiger partial charge in [0, 0.05) is 38.8 Å². The summed E-state index contributed by atoms with van der Waals surface area (Å²) in [4.78, 5) is 1.93. The normalized spacial score (nSPS) is 22.3. The molecule has 0 aromatic heterocycles. The SMILES string of the molecule is O=S(=O)(O)CC(O)C(CCO)N1CCNCC1. The zero-order chi connectivity index (χ0) is 12.9. The van der Waals surface area contributed by atoms with E-state index in [2.05, 4.69) is 5.32 Å². The Hall–Kier alpha value is -0.250. The van der Waals surface area contributed by atoms with Gasteiger partial charge in [-0.1, -0.05) is 0 Å². The number of hydrogen-bond donors (Lipinski definition) is 4. The van der Waals surface area contributed by atoms with Gasteiger partial charge in [-0.25, -0.2) is 0 Å². The van der Waals surface area contributed by atoms with Crippen LogP contribution in [0.5, 0.6) is 0 Å². The van der Waals surface area contributed by atoms with Crippen molar-refractivity contribution in [3.05, 3.63) is 0 Å². The molecule has 1 aliphatic rings. The van der Waals surface area contributed by atoms with Gasteiger partial charge in [-0.05, 0) is 6.42 Å². The summed E-state index contributed by atoms with van der Waals surface area (Å²) in [5.74, 6) is -0.693. The van der Waals surface area contributed by atoms with E-state index in [0.717, 1.165) is 13.1 Å². The molecule has 0 aliphatic carbocycles. The summed E-state index contributed by atoms with van der Waals surface area (Å²) in [6.45, 7) is 2.78. The summed E-state index contributed by atoms with van der Waals surface area (Å²) < 4.78 is 30.2. The number of hydrogen-bond acceptors (Lipinski definition) is 6. The third-order valence-corrected chi connectivity index (χ3v) is 3.63. The highest BCUT2D eigenvalue weighted by molar-refractivity contribution is 7.85. The molecule has 0 spiro atoms. The van der Waals surface area contributed by atoms with Crippen LogP contribution < -0.4 is 5.32 Å². The molecular weight excluding hydrogens is 248 g/mol. The monoisotopic (exact) mass is 268 g/mol. The van der Waals surface area contributed by atoms with E-state index in [4.69, 9.17) is 9.66 Å². The van der Waals surface area contributed by atoms with Crippen LogP contribution in [-0.4, -0.2) is 78.8 Å². The molecule has 0 radical (unpaired) electrons. The van der Waals surface area contributed by atoms with Gasteiger partial charge in [0.15, 0.2) is 0 Å². The van der Waals surface area contributed by atoms with Gasteiger partial charge in [0.25, 0.3) is 10.1 Å². The largest absolute Gasteiger partial charge is 0.396 e. The molecule has 2 atom stereocenters. The van der Waals surface area contributed by atoms with Crippen molar-refractivity contribution < 1.29 is 23.2 Å². The van der Waals surface area contributed by atoms with Gasteiger partial charge in [-0.3, -0.25) is 9.45 Å². The second kappa shape index (κ2) is 6.62. The van der Waals surface area contributed by atoms with Crippen molar-refractivity contribution in [2.45, 2.75) is 18.6 Å². The number of rotatable bonds is 6. The topological polar surface area (TPSA) is 110 Å². The van der Waals surface area contributed by atoms with Crippen molar-refractivity contribution in [2.24, 2.45) is 0 Å². The van der Waals surface area contributed by atoms with Gasteiger partial charge in [0.2, 0.25) is 0 Å². The lowest BCUT2D eigenvalue weighted by Crippen LogP contribution is -2.54. The fraction of sp³-hybridized carbons (Fsp3) is 1.00. The van der Waals surface area contributed by atoms with E-state index < -0.39 is 28.0 Å². The van der Waals surface area contributed by atoms with Crippen LogP contribution in [0.1, 0.15) is 6.42 Å². The van der Waals surface area contributed by atoms with E-state index in [0.29, 0.717) is 13.1 Å². The summed E-state index contributed by atoms with van der Waals surface area (Å²) in [6, 6.07) is -0.441. The maximum absolute atomic E-state index is 10.7. The molecule has 0 aromatic rings. The number of nitrogens with zero attached hydrogens (tertiary/aromatic N) is 1. The molecule has 102 valence electrons. The Balaban J connectivity index is 2.62. The maximum atomic E-state index is 10.7. The maximum Gasteiger partial charge on any atom is 0.267 e. The first-order valence-corrected chi connectivity index (χ1v) is 7.24. The second-order valence-corrected chi connectivity index (χ2v) is 5.68. The van der Waals surface area contributed by atoms with Gasteiger partial charge in [0.05, 0.1) is 6.10 Å². The Morgan fingerprint density at radius 2 is 1.88 bits per heavy atom. The summed E-state index contributed by atoms with van der Waals surface area (Å²) in [5, 5.41) is 21.9. The number of nitrogens with one attached hydrogen (secondary N) is 1. The zero-order valence-electron chi connectivity index (χ0n) is 9.62. The first-order chi connectivity index (χ1) is 7.94. The van der Waals surface area contributed by atoms with E-state index >= 15 is 0 Å². The minimum atomic E-state index is -4.20. The van der Waals surface area contributed by atoms with Crippen LogP contribution in [0.2, 0.25) is 0 Å². The molecular formula is C9H20N2O5S. The Kier molecular flexibility index (Phi) is 5.77. The summed E-state index contributed by atoms with van der Waals surface area (Å²) in [5.41, 5.74) is 0. The van der Waals surface area contributed by atoms with E-state index in [1.54, 1.807) is 0 Å². The predicted octanol–water partition coefficient (Wildman–Crippen LogP) is -2.11. The van der Waals surface area contributed by atoms with Gasteiger partial charge < -0.3 is 15.5 Å². The molecule has 0 saturated carbocycles. The number of aliphatic hydroxyl groups is 2. The van der Waals surface area contributed by atoms with Crippen LogP contribution in [0.4, 0.5) is 0 Å². The van der Waals surface area contributed by atoms with Crippen molar-refractivity contribution in [3.8, 4) is 0 Å². The fourth-order valence-electron chi connectivity index (χ4n) is 2.09. The van der Waals surface area contributed by atoms with Crippen LogP contribution in [0.3, 0.4) is 0 Å². The quantitative estimate of drug-likeness (QED) is 0.408. The van der Waals surface area contributed by atoms with Gasteiger partial charge in [-0.2, -0.15) is 8.42 Å². The minimum absolute atomic E-state index is 0.128. The Morgan fingerprint density at radius 3 is 2.35 bits per heavy atom. The summed E-state index contributed by atoms with van der Waals surface area (Å²) >= 11 is 0. The van der Waals surface area contributed by atoms with Crippen LogP contribution in [0.25, 0.3) is 0 Å². The minimum Gasteiger partial charge on any atom is -0.396 e. The molecule has 0 bridgehead atoms. The number of aliphatic hydroxyl groups excluding tert-OH is 2. The molecule has 1 heterocycles. The van der Waals surface area contributed by atoms with Crippen molar-refractivity contribution in [1.82, 2.24) is 10.2 Å². The van der Waals surface area contributed by atoms with E-state index in [1.165, 1.54) is 0 Å². The first-order valence-electron chi connectivity index (χ1n) is 5.63. The smallest absolute Gasteiger partial charge is 0.267 e. The molecule has 2 unspecified atom stereocenters. The van der Waals surface area contributed by atoms with Crippen molar-refractivity contribution in [1.29, 1.82) is 0 Å². The zero-order valence-corrected chi connectivity index (χ0v) is 10.4. The Morgan fingerprint density at radius 1 is 1.29 bits per heavy atom. The van der Waals surface area contributed by atoms with Gasteiger partial charge >= 0.3 is 0 Å². The standard InChI is InChI=1S/C9H20N2O5S/c12-6-1-8(9(13)7-17(14,15)16)11-4-2-10-3-5-11/h8-10,12-13H,1-7H2,(H,14,15,16). The highest BCUT2D eigenvalue weighted by Crippen LogP contribution is 2.12. The molecule has 1 rings (SSSR count). The molecule has 0 aromatic carbocycles. The lowest BCUT2D eigenvalue weighted by molar-refractivity contribution is 0.0394. The Bertz CT molecular complexity index is 315. The van der Waals surface area contributed by atoms with E-state index in [1.807, 2.05) is 4.90 Å². The van der Waals surface area contributed by atoms with Crippen molar-refractivity contribution in [3.63, 3.8) is 0 Å². The van der Waals surface area contributed by atoms with Crippen LogP contribution in [-0.2, 0) is 10.1 Å². The first kappa shape index (κ1) is 14.8. The highest BCUT2D eigenvalue weighted by atomic mass is 32.2. The predicted molar refractivity (Wildman–Crippen MR) is 62.4 cm³/mol. The van der Waals surface area contributed by atoms with E-state index in [9.17, 15) is 13.5 Å². The average molecular weight is 268 g/mol. The lowest BCUT2D eigenvalue weighted by atomic mass is 10.1. The van der Waals surface area contributed by atoms with Gasteiger partial charge in [0.1, 0.15) is 5.75 Å². The molecule has 1 fully saturated rings. The van der Waals surface area contributed by atoms with Crippen LogP contribution in [0.15, 0.2) is 0 Å². The third-order valence-electron chi connectivity index (χ3n) is 2.87. The summed E-state index contributed by atoms with van der Waals surface area (Å²) in [6.07, 6.45) is -0.897. The van der Waals surface area contributed by atoms with Crippen LogP contribution >= 0.6 is 0 Å². The third kappa shape index (κ3) is 5.28. The van der Waals surface area contributed by atoms with Crippen molar-refractivity contribution >= 4 is 10.1 Å².